The van der Waals surface area contributed by atoms with Gasteiger partial charge in [0.25, 0.3) is 0 Å². The van der Waals surface area contributed by atoms with Crippen molar-refractivity contribution in [3.63, 3.8) is 0 Å². The number of amides is 1. The van der Waals surface area contributed by atoms with Gasteiger partial charge in [0.05, 0.1) is 0 Å². The third-order valence-corrected chi connectivity index (χ3v) is 2.85. The van der Waals surface area contributed by atoms with Crippen LogP contribution in [0.1, 0.15) is 5.69 Å². The maximum absolute atomic E-state index is 11.8. The van der Waals surface area contributed by atoms with E-state index >= 15 is 0 Å². The predicted octanol–water partition coefficient (Wildman–Crippen LogP) is -1.13. The molecule has 0 saturated carbocycles. The van der Waals surface area contributed by atoms with Crippen LogP contribution in [-0.4, -0.2) is 48.6 Å². The fourth-order valence-electron chi connectivity index (χ4n) is 1.98. The van der Waals surface area contributed by atoms with Crippen LogP contribution in [0.25, 0.3) is 0 Å². The summed E-state index contributed by atoms with van der Waals surface area (Å²) in [5.41, 5.74) is 0.244. The molecular formula is C11H14N6O. The standard InChI is InChI=1S/C11H14N6O/c1-13-11(18)9-7-14-4-5-17(9)10-8(6-12)15-2-3-16-10/h2-3,9,14H,4-5,7H2,1H3,(H,13,18). The predicted molar refractivity (Wildman–Crippen MR) is 64.8 cm³/mol. The molecule has 1 unspecified atom stereocenters. The van der Waals surface area contributed by atoms with Crippen molar-refractivity contribution in [3.05, 3.63) is 18.1 Å². The topological polar surface area (TPSA) is 93.9 Å². The van der Waals surface area contributed by atoms with Crippen molar-refractivity contribution in [2.45, 2.75) is 6.04 Å². The summed E-state index contributed by atoms with van der Waals surface area (Å²) >= 11 is 0. The van der Waals surface area contributed by atoms with E-state index < -0.39 is 0 Å². The van der Waals surface area contributed by atoms with Crippen molar-refractivity contribution >= 4 is 11.7 Å². The molecule has 1 aromatic rings. The molecule has 1 fully saturated rings. The molecule has 0 spiro atoms. The summed E-state index contributed by atoms with van der Waals surface area (Å²) in [5, 5.41) is 14.8. The molecule has 1 aliphatic heterocycles. The van der Waals surface area contributed by atoms with Crippen molar-refractivity contribution in [3.8, 4) is 6.07 Å². The number of aromatic nitrogens is 2. The summed E-state index contributed by atoms with van der Waals surface area (Å²) in [6, 6.07) is 1.63. The number of hydrogen-bond acceptors (Lipinski definition) is 6. The van der Waals surface area contributed by atoms with Gasteiger partial charge in [0.2, 0.25) is 5.91 Å². The molecule has 94 valence electrons. The van der Waals surface area contributed by atoms with E-state index in [1.165, 1.54) is 12.4 Å². The van der Waals surface area contributed by atoms with Gasteiger partial charge in [0.1, 0.15) is 12.1 Å². The fraction of sp³-hybridized carbons (Fsp3) is 0.455. The first-order chi connectivity index (χ1) is 8.77. The largest absolute Gasteiger partial charge is 0.357 e. The van der Waals surface area contributed by atoms with Crippen molar-refractivity contribution in [1.29, 1.82) is 5.26 Å². The fourth-order valence-corrected chi connectivity index (χ4v) is 1.98. The minimum atomic E-state index is -0.368. The third-order valence-electron chi connectivity index (χ3n) is 2.85. The van der Waals surface area contributed by atoms with Crippen LogP contribution < -0.4 is 15.5 Å². The van der Waals surface area contributed by atoms with Gasteiger partial charge >= 0.3 is 0 Å². The van der Waals surface area contributed by atoms with Gasteiger partial charge in [0.15, 0.2) is 11.5 Å². The van der Waals surface area contributed by atoms with Crippen LogP contribution in [0, 0.1) is 11.3 Å². The van der Waals surface area contributed by atoms with Gasteiger partial charge < -0.3 is 15.5 Å². The number of likely N-dealkylation sites (N-methyl/N-ethyl adjacent to an activating group) is 1. The second-order valence-electron chi connectivity index (χ2n) is 3.87. The van der Waals surface area contributed by atoms with E-state index in [1.807, 2.05) is 11.0 Å². The molecule has 2 N–H and O–H groups in total. The zero-order valence-electron chi connectivity index (χ0n) is 10.1. The van der Waals surface area contributed by atoms with Crippen LogP contribution in [0.3, 0.4) is 0 Å². The molecule has 7 heteroatoms. The highest BCUT2D eigenvalue weighted by Gasteiger charge is 2.30. The Morgan fingerprint density at radius 2 is 2.39 bits per heavy atom. The van der Waals surface area contributed by atoms with E-state index in [1.54, 1.807) is 7.05 Å². The molecule has 0 aliphatic carbocycles. The summed E-state index contributed by atoms with van der Waals surface area (Å²) < 4.78 is 0. The van der Waals surface area contributed by atoms with Crippen LogP contribution in [-0.2, 0) is 4.79 Å². The molecule has 0 radical (unpaired) electrons. The Labute approximate surface area is 105 Å². The lowest BCUT2D eigenvalue weighted by Gasteiger charge is -2.35. The van der Waals surface area contributed by atoms with Gasteiger partial charge in [-0.15, -0.1) is 0 Å². The SMILES string of the molecule is CNC(=O)C1CNCCN1c1nccnc1C#N. The van der Waals surface area contributed by atoms with Crippen LogP contribution in [0.5, 0.6) is 0 Å². The van der Waals surface area contributed by atoms with Gasteiger partial charge in [-0.05, 0) is 0 Å². The molecule has 0 bridgehead atoms. The number of rotatable bonds is 2. The highest BCUT2D eigenvalue weighted by molar-refractivity contribution is 5.85. The number of nitriles is 1. The third kappa shape index (κ3) is 2.24. The number of nitrogens with zero attached hydrogens (tertiary/aromatic N) is 4. The average Bonchev–Trinajstić information content (AvgIpc) is 2.46. The second kappa shape index (κ2) is 5.42. The van der Waals surface area contributed by atoms with Crippen molar-refractivity contribution in [2.75, 3.05) is 31.6 Å². The molecular weight excluding hydrogens is 232 g/mol. The maximum atomic E-state index is 11.8. The van der Waals surface area contributed by atoms with Crippen LogP contribution in [0.4, 0.5) is 5.82 Å². The average molecular weight is 246 g/mol. The molecule has 0 aromatic carbocycles. The van der Waals surface area contributed by atoms with E-state index in [0.29, 0.717) is 18.9 Å². The Kier molecular flexibility index (Phi) is 3.69. The Morgan fingerprint density at radius 3 is 3.11 bits per heavy atom. The minimum absolute atomic E-state index is 0.100. The van der Waals surface area contributed by atoms with Gasteiger partial charge in [-0.2, -0.15) is 5.26 Å². The van der Waals surface area contributed by atoms with Crippen molar-refractivity contribution in [1.82, 2.24) is 20.6 Å². The normalized spacial score (nSPS) is 19.1. The zero-order chi connectivity index (χ0) is 13.0. The molecule has 1 saturated heterocycles. The van der Waals surface area contributed by atoms with Crippen LogP contribution >= 0.6 is 0 Å². The van der Waals surface area contributed by atoms with Crippen molar-refractivity contribution < 1.29 is 4.79 Å². The maximum Gasteiger partial charge on any atom is 0.243 e. The van der Waals surface area contributed by atoms with E-state index in [-0.39, 0.29) is 17.6 Å². The molecule has 1 atom stereocenters. The molecule has 2 rings (SSSR count). The van der Waals surface area contributed by atoms with Crippen molar-refractivity contribution in [2.24, 2.45) is 0 Å². The zero-order valence-corrected chi connectivity index (χ0v) is 10.1. The number of carbonyl (C=O) groups excluding carboxylic acids is 1. The Balaban J connectivity index is 2.34. The first-order valence-corrected chi connectivity index (χ1v) is 5.68. The molecule has 1 amide bonds. The van der Waals surface area contributed by atoms with Crippen LogP contribution in [0.15, 0.2) is 12.4 Å². The lowest BCUT2D eigenvalue weighted by Crippen LogP contribution is -2.58. The highest BCUT2D eigenvalue weighted by atomic mass is 16.2. The van der Waals surface area contributed by atoms with E-state index in [0.717, 1.165) is 6.54 Å². The van der Waals surface area contributed by atoms with E-state index in [4.69, 9.17) is 5.26 Å². The number of nitrogens with one attached hydrogen (secondary N) is 2. The van der Waals surface area contributed by atoms with Crippen LogP contribution in [0.2, 0.25) is 0 Å². The molecule has 1 aliphatic rings. The summed E-state index contributed by atoms with van der Waals surface area (Å²) in [4.78, 5) is 21.8. The first kappa shape index (κ1) is 12.3. The summed E-state index contributed by atoms with van der Waals surface area (Å²) in [7, 11) is 1.59. The molecule has 2 heterocycles. The number of carbonyl (C=O) groups is 1. The number of piperazine rings is 1. The Morgan fingerprint density at radius 1 is 1.61 bits per heavy atom. The summed E-state index contributed by atoms with van der Waals surface area (Å²) in [6.45, 7) is 1.89. The Bertz CT molecular complexity index is 483. The lowest BCUT2D eigenvalue weighted by molar-refractivity contribution is -0.122. The smallest absolute Gasteiger partial charge is 0.243 e. The first-order valence-electron chi connectivity index (χ1n) is 5.68. The number of anilines is 1. The van der Waals surface area contributed by atoms with Gasteiger partial charge in [-0.3, -0.25) is 4.79 Å². The summed E-state index contributed by atoms with van der Waals surface area (Å²) in [6.07, 6.45) is 3.00. The Hall–Kier alpha value is -2.20. The van der Waals surface area contributed by atoms with Gasteiger partial charge in [-0.1, -0.05) is 0 Å². The summed E-state index contributed by atoms with van der Waals surface area (Å²) in [5.74, 6) is 0.367. The molecule has 18 heavy (non-hydrogen) atoms. The second-order valence-corrected chi connectivity index (χ2v) is 3.87. The van der Waals surface area contributed by atoms with E-state index in [9.17, 15) is 4.79 Å². The highest BCUT2D eigenvalue weighted by Crippen LogP contribution is 2.18. The lowest BCUT2D eigenvalue weighted by atomic mass is 10.1. The van der Waals surface area contributed by atoms with E-state index in [2.05, 4.69) is 20.6 Å². The quantitative estimate of drug-likeness (QED) is 0.686. The number of hydrogen-bond donors (Lipinski definition) is 2. The molecule has 7 nitrogen and oxygen atoms in total. The monoisotopic (exact) mass is 246 g/mol. The van der Waals surface area contributed by atoms with Gasteiger partial charge in [-0.25, -0.2) is 9.97 Å². The van der Waals surface area contributed by atoms with Gasteiger partial charge in [0, 0.05) is 39.1 Å². The molecule has 1 aromatic heterocycles. The minimum Gasteiger partial charge on any atom is -0.357 e.